The number of hydrogen-bond acceptors (Lipinski definition) is 5. The second kappa shape index (κ2) is 2.03. The lowest BCUT2D eigenvalue weighted by atomic mass is 10.6. The van der Waals surface area contributed by atoms with Gasteiger partial charge in [0.25, 0.3) is 6.54 Å². The molecule has 3 N–H and O–H groups in total. The van der Waals surface area contributed by atoms with Crippen LogP contribution in [0.3, 0.4) is 0 Å². The standard InChI is InChI=1S/C2H5NO5/c4-2(5,6)1-3(7)8/h4-6H,1H2. The first-order valence-electron chi connectivity index (χ1n) is 1.71. The van der Waals surface area contributed by atoms with Crippen molar-refractivity contribution >= 4 is 0 Å². The van der Waals surface area contributed by atoms with Gasteiger partial charge in [0.05, 0.1) is 0 Å². The summed E-state index contributed by atoms with van der Waals surface area (Å²) in [6, 6.07) is 0. The number of nitro groups is 1. The minimum atomic E-state index is -3.18. The van der Waals surface area contributed by atoms with Gasteiger partial charge in [0, 0.05) is 4.92 Å². The lowest BCUT2D eigenvalue weighted by Gasteiger charge is -2.05. The topological polar surface area (TPSA) is 104 Å². The van der Waals surface area contributed by atoms with E-state index in [0.717, 1.165) is 0 Å². The Morgan fingerprint density at radius 2 is 1.88 bits per heavy atom. The molecule has 0 spiro atoms. The first kappa shape index (κ1) is 7.28. The summed E-state index contributed by atoms with van der Waals surface area (Å²) >= 11 is 0. The molecule has 0 aromatic rings. The van der Waals surface area contributed by atoms with Crippen LogP contribution in [0, 0.1) is 10.1 Å². The second-order valence-electron chi connectivity index (χ2n) is 1.27. The van der Waals surface area contributed by atoms with Crippen LogP contribution in [0.15, 0.2) is 0 Å². The van der Waals surface area contributed by atoms with Crippen LogP contribution in [0.4, 0.5) is 0 Å². The van der Waals surface area contributed by atoms with Crippen molar-refractivity contribution in [1.82, 2.24) is 0 Å². The van der Waals surface area contributed by atoms with E-state index in [9.17, 15) is 10.1 Å². The fraction of sp³-hybridized carbons (Fsp3) is 1.00. The molecule has 0 unspecified atom stereocenters. The van der Waals surface area contributed by atoms with Crippen molar-refractivity contribution in [2.24, 2.45) is 0 Å². The second-order valence-corrected chi connectivity index (χ2v) is 1.27. The van der Waals surface area contributed by atoms with E-state index in [1.54, 1.807) is 0 Å². The third-order valence-corrected chi connectivity index (χ3v) is 0.341. The summed E-state index contributed by atoms with van der Waals surface area (Å²) in [5.41, 5.74) is 0. The van der Waals surface area contributed by atoms with Gasteiger partial charge in [-0.25, -0.2) is 0 Å². The molecule has 0 aliphatic carbocycles. The molecule has 0 aliphatic rings. The number of aliphatic hydroxyl groups is 3. The molecule has 0 aromatic heterocycles. The quantitative estimate of drug-likeness (QED) is 0.221. The molecule has 0 atom stereocenters. The van der Waals surface area contributed by atoms with Crippen LogP contribution in [0.25, 0.3) is 0 Å². The van der Waals surface area contributed by atoms with E-state index in [0.29, 0.717) is 0 Å². The molecule has 0 aromatic carbocycles. The molecular formula is C2H5NO5. The van der Waals surface area contributed by atoms with Crippen molar-refractivity contribution in [2.45, 2.75) is 5.97 Å². The zero-order chi connectivity index (χ0) is 6.78. The van der Waals surface area contributed by atoms with Crippen molar-refractivity contribution in [3.63, 3.8) is 0 Å². The first-order valence-corrected chi connectivity index (χ1v) is 1.71. The summed E-state index contributed by atoms with van der Waals surface area (Å²) in [6.07, 6.45) is 0. The summed E-state index contributed by atoms with van der Waals surface area (Å²) in [5, 5.41) is 32.9. The average molecular weight is 123 g/mol. The fourth-order valence-electron chi connectivity index (χ4n) is 0.173. The van der Waals surface area contributed by atoms with Crippen LogP contribution in [0.1, 0.15) is 0 Å². The van der Waals surface area contributed by atoms with Crippen molar-refractivity contribution in [3.05, 3.63) is 10.1 Å². The van der Waals surface area contributed by atoms with E-state index in [1.165, 1.54) is 0 Å². The Labute approximate surface area is 44.1 Å². The maximum atomic E-state index is 9.34. The molecule has 0 rings (SSSR count). The monoisotopic (exact) mass is 123 g/mol. The Morgan fingerprint density at radius 3 is 1.88 bits per heavy atom. The SMILES string of the molecule is O=[N+]([O-])CC(O)(O)O. The minimum Gasteiger partial charge on any atom is -0.338 e. The van der Waals surface area contributed by atoms with E-state index in [4.69, 9.17) is 15.3 Å². The Kier molecular flexibility index (Phi) is 1.85. The third-order valence-electron chi connectivity index (χ3n) is 0.341. The number of rotatable bonds is 2. The van der Waals surface area contributed by atoms with E-state index >= 15 is 0 Å². The van der Waals surface area contributed by atoms with E-state index in [-0.39, 0.29) is 0 Å². The van der Waals surface area contributed by atoms with Crippen LogP contribution in [0.5, 0.6) is 0 Å². The lowest BCUT2D eigenvalue weighted by Crippen LogP contribution is -2.35. The van der Waals surface area contributed by atoms with Crippen molar-refractivity contribution in [3.8, 4) is 0 Å². The smallest absolute Gasteiger partial charge is 0.338 e. The number of nitrogens with zero attached hydrogens (tertiary/aromatic N) is 1. The summed E-state index contributed by atoms with van der Waals surface area (Å²) in [7, 11) is 0. The van der Waals surface area contributed by atoms with Gasteiger partial charge in [-0.15, -0.1) is 0 Å². The molecule has 0 saturated carbocycles. The molecule has 0 heterocycles. The van der Waals surface area contributed by atoms with E-state index in [1.807, 2.05) is 0 Å². The van der Waals surface area contributed by atoms with Crippen molar-refractivity contribution in [2.75, 3.05) is 6.54 Å². The molecule has 0 radical (unpaired) electrons. The highest BCUT2D eigenvalue weighted by atomic mass is 16.7. The molecule has 0 amide bonds. The van der Waals surface area contributed by atoms with Crippen LogP contribution in [-0.2, 0) is 0 Å². The van der Waals surface area contributed by atoms with Gasteiger partial charge in [0.1, 0.15) is 0 Å². The molecule has 0 bridgehead atoms. The van der Waals surface area contributed by atoms with Crippen molar-refractivity contribution in [1.29, 1.82) is 0 Å². The zero-order valence-electron chi connectivity index (χ0n) is 3.81. The van der Waals surface area contributed by atoms with Gasteiger partial charge < -0.3 is 15.3 Å². The first-order chi connectivity index (χ1) is 3.42. The predicted octanol–water partition coefficient (Wildman–Crippen LogP) is -2.11. The predicted molar refractivity (Wildman–Crippen MR) is 21.2 cm³/mol. The lowest BCUT2D eigenvalue weighted by molar-refractivity contribution is -0.544. The van der Waals surface area contributed by atoms with Crippen LogP contribution in [-0.4, -0.2) is 32.8 Å². The molecule has 6 nitrogen and oxygen atoms in total. The molecule has 0 saturated heterocycles. The summed E-state index contributed by atoms with van der Waals surface area (Å²) in [4.78, 5) is 8.30. The van der Waals surface area contributed by atoms with Gasteiger partial charge in [0.15, 0.2) is 0 Å². The molecule has 0 aliphatic heterocycles. The zero-order valence-corrected chi connectivity index (χ0v) is 3.81. The molecule has 6 heteroatoms. The normalized spacial score (nSPS) is 11.4. The van der Waals surface area contributed by atoms with Crippen LogP contribution >= 0.6 is 0 Å². The summed E-state index contributed by atoms with van der Waals surface area (Å²) < 4.78 is 0. The third kappa shape index (κ3) is 5.28. The van der Waals surface area contributed by atoms with Gasteiger partial charge in [0.2, 0.25) is 0 Å². The van der Waals surface area contributed by atoms with Gasteiger partial charge in [-0.05, 0) is 0 Å². The fourth-order valence-corrected chi connectivity index (χ4v) is 0.173. The number of hydrogen-bond donors (Lipinski definition) is 3. The van der Waals surface area contributed by atoms with Gasteiger partial charge >= 0.3 is 5.97 Å². The summed E-state index contributed by atoms with van der Waals surface area (Å²) in [5.74, 6) is -3.18. The van der Waals surface area contributed by atoms with Crippen molar-refractivity contribution < 1.29 is 20.2 Å². The molecule has 0 fully saturated rings. The highest BCUT2D eigenvalue weighted by Gasteiger charge is 2.25. The van der Waals surface area contributed by atoms with E-state index < -0.39 is 17.4 Å². The Bertz CT molecular complexity index is 93.1. The minimum absolute atomic E-state index is 1.04. The maximum absolute atomic E-state index is 9.34. The highest BCUT2D eigenvalue weighted by Crippen LogP contribution is 1.89. The van der Waals surface area contributed by atoms with Crippen LogP contribution < -0.4 is 0 Å². The molecular weight excluding hydrogens is 118 g/mol. The molecule has 48 valence electrons. The molecule has 8 heavy (non-hydrogen) atoms. The van der Waals surface area contributed by atoms with Gasteiger partial charge in [-0.1, -0.05) is 0 Å². The van der Waals surface area contributed by atoms with Crippen LogP contribution in [0.2, 0.25) is 0 Å². The Hall–Kier alpha value is -0.720. The van der Waals surface area contributed by atoms with Gasteiger partial charge in [-0.3, -0.25) is 10.1 Å². The highest BCUT2D eigenvalue weighted by molar-refractivity contribution is 4.38. The Balaban J connectivity index is 3.55. The largest absolute Gasteiger partial charge is 0.344 e. The maximum Gasteiger partial charge on any atom is 0.344 e. The Morgan fingerprint density at radius 1 is 1.50 bits per heavy atom. The average Bonchev–Trinajstić information content (AvgIpc) is 1.21. The summed E-state index contributed by atoms with van der Waals surface area (Å²) in [6.45, 7) is -1.28. The van der Waals surface area contributed by atoms with Gasteiger partial charge in [-0.2, -0.15) is 0 Å². The van der Waals surface area contributed by atoms with E-state index in [2.05, 4.69) is 0 Å².